The quantitative estimate of drug-likeness (QED) is 0.455. The minimum atomic E-state index is -0.251. The third-order valence-electron chi connectivity index (χ3n) is 4.71. The van der Waals surface area contributed by atoms with E-state index in [9.17, 15) is 0 Å². The molecular weight excluding hydrogens is 432 g/mol. The van der Waals surface area contributed by atoms with E-state index in [2.05, 4.69) is 50.6 Å². The number of nitrogens with zero attached hydrogens (tertiary/aromatic N) is 2. The molecule has 0 fully saturated rings. The molecule has 0 bridgehead atoms. The maximum absolute atomic E-state index is 6.34. The lowest BCUT2D eigenvalue weighted by Crippen LogP contribution is -2.33. The van der Waals surface area contributed by atoms with Crippen molar-refractivity contribution in [2.45, 2.75) is 18.7 Å². The van der Waals surface area contributed by atoms with Gasteiger partial charge in [0.05, 0.1) is 16.6 Å². The van der Waals surface area contributed by atoms with Crippen LogP contribution >= 0.6 is 38.9 Å². The molecular formula is C20H14BrClN2OS. The Balaban J connectivity index is 1.61. The molecule has 2 aliphatic rings. The van der Waals surface area contributed by atoms with Crippen LogP contribution in [0.5, 0.6) is 5.75 Å². The Kier molecular flexibility index (Phi) is 4.03. The fourth-order valence-corrected chi connectivity index (χ4v) is 4.66. The fraction of sp³-hybridized carbons (Fsp3) is 0.150. The van der Waals surface area contributed by atoms with E-state index < -0.39 is 0 Å². The minimum absolute atomic E-state index is 0.128. The number of ether oxygens (including phenoxy) is 1. The highest BCUT2D eigenvalue weighted by Crippen LogP contribution is 2.48. The predicted octanol–water partition coefficient (Wildman–Crippen LogP) is 6.41. The van der Waals surface area contributed by atoms with Crippen molar-refractivity contribution in [1.29, 1.82) is 0 Å². The van der Waals surface area contributed by atoms with Gasteiger partial charge in [-0.3, -0.25) is 0 Å². The Morgan fingerprint density at radius 2 is 2.00 bits per heavy atom. The number of thiophene rings is 1. The molecule has 0 amide bonds. The summed E-state index contributed by atoms with van der Waals surface area (Å²) >= 11 is 11.5. The van der Waals surface area contributed by atoms with Gasteiger partial charge >= 0.3 is 0 Å². The van der Waals surface area contributed by atoms with Gasteiger partial charge in [0.25, 0.3) is 0 Å². The van der Waals surface area contributed by atoms with Gasteiger partial charge < -0.3 is 4.74 Å². The second-order valence-corrected chi connectivity index (χ2v) is 8.63. The zero-order chi connectivity index (χ0) is 17.7. The second-order valence-electron chi connectivity index (χ2n) is 6.33. The van der Waals surface area contributed by atoms with E-state index in [1.165, 1.54) is 4.88 Å². The number of hydrogen-bond acceptors (Lipinski definition) is 4. The Labute approximate surface area is 169 Å². The van der Waals surface area contributed by atoms with Crippen molar-refractivity contribution in [2.75, 3.05) is 0 Å². The van der Waals surface area contributed by atoms with Crippen molar-refractivity contribution >= 4 is 44.6 Å². The first-order valence-electron chi connectivity index (χ1n) is 8.30. The molecule has 2 atom stereocenters. The van der Waals surface area contributed by atoms with E-state index in [1.807, 2.05) is 30.3 Å². The van der Waals surface area contributed by atoms with E-state index >= 15 is 0 Å². The number of rotatable bonds is 2. The maximum Gasteiger partial charge on any atom is 0.213 e. The fourth-order valence-electron chi connectivity index (χ4n) is 3.50. The minimum Gasteiger partial charge on any atom is -0.464 e. The molecule has 3 heterocycles. The molecule has 0 spiro atoms. The van der Waals surface area contributed by atoms with Gasteiger partial charge in [-0.2, -0.15) is 5.10 Å². The van der Waals surface area contributed by atoms with Gasteiger partial charge in [0.1, 0.15) is 5.75 Å². The van der Waals surface area contributed by atoms with Gasteiger partial charge in [0.15, 0.2) is 0 Å². The summed E-state index contributed by atoms with van der Waals surface area (Å²) in [6.45, 7) is 0. The van der Waals surface area contributed by atoms with Crippen molar-refractivity contribution in [3.8, 4) is 5.75 Å². The third-order valence-corrected chi connectivity index (χ3v) is 6.40. The summed E-state index contributed by atoms with van der Waals surface area (Å²) < 4.78 is 7.39. The van der Waals surface area contributed by atoms with E-state index in [4.69, 9.17) is 21.4 Å². The first kappa shape index (κ1) is 16.4. The van der Waals surface area contributed by atoms with Crippen LogP contribution in [0.1, 0.15) is 34.7 Å². The molecule has 0 saturated carbocycles. The molecule has 3 nitrogen and oxygen atoms in total. The summed E-state index contributed by atoms with van der Waals surface area (Å²) in [6, 6.07) is 18.4. The lowest BCUT2D eigenvalue weighted by Gasteiger charge is -2.38. The van der Waals surface area contributed by atoms with Crippen LogP contribution in [-0.2, 0) is 0 Å². The zero-order valence-electron chi connectivity index (χ0n) is 13.6. The van der Waals surface area contributed by atoms with Crippen molar-refractivity contribution in [3.63, 3.8) is 0 Å². The molecule has 0 aliphatic carbocycles. The van der Waals surface area contributed by atoms with E-state index in [0.717, 1.165) is 38.5 Å². The molecule has 0 saturated heterocycles. The van der Waals surface area contributed by atoms with Crippen LogP contribution in [0.15, 0.2) is 69.6 Å². The van der Waals surface area contributed by atoms with Gasteiger partial charge in [0.2, 0.25) is 6.23 Å². The van der Waals surface area contributed by atoms with Gasteiger partial charge in [-0.15, -0.1) is 11.3 Å². The Morgan fingerprint density at radius 1 is 1.15 bits per heavy atom. The summed E-state index contributed by atoms with van der Waals surface area (Å²) in [5, 5.41) is 9.83. The van der Waals surface area contributed by atoms with Crippen LogP contribution < -0.4 is 4.74 Å². The third kappa shape index (κ3) is 2.75. The predicted molar refractivity (Wildman–Crippen MR) is 109 cm³/mol. The number of fused-ring (bicyclic) bond motifs is 3. The van der Waals surface area contributed by atoms with Gasteiger partial charge in [-0.25, -0.2) is 5.01 Å². The zero-order valence-corrected chi connectivity index (χ0v) is 16.8. The topological polar surface area (TPSA) is 24.8 Å². The maximum atomic E-state index is 6.34. The normalized spacial score (nSPS) is 21.0. The average molecular weight is 446 g/mol. The lowest BCUT2D eigenvalue weighted by atomic mass is 9.97. The summed E-state index contributed by atoms with van der Waals surface area (Å²) in [6.07, 6.45) is 0.601. The number of hydrogen-bond donors (Lipinski definition) is 0. The molecule has 1 aromatic heterocycles. The molecule has 5 rings (SSSR count). The van der Waals surface area contributed by atoms with Crippen LogP contribution in [0.3, 0.4) is 0 Å². The van der Waals surface area contributed by atoms with Crippen LogP contribution in [0, 0.1) is 0 Å². The van der Waals surface area contributed by atoms with Crippen molar-refractivity contribution in [3.05, 3.63) is 85.5 Å². The largest absolute Gasteiger partial charge is 0.464 e. The molecule has 2 aromatic carbocycles. The monoisotopic (exact) mass is 444 g/mol. The van der Waals surface area contributed by atoms with Gasteiger partial charge in [-0.1, -0.05) is 45.7 Å². The van der Waals surface area contributed by atoms with Crippen LogP contribution in [-0.4, -0.2) is 10.7 Å². The van der Waals surface area contributed by atoms with Gasteiger partial charge in [-0.05, 0) is 41.8 Å². The van der Waals surface area contributed by atoms with E-state index in [0.29, 0.717) is 0 Å². The molecule has 0 N–H and O–H groups in total. The standard InChI is InChI=1S/C20H14BrClN2OS/c21-13-5-3-12(4-6-13)20-24-17(11-16(23-24)19-2-1-9-26-19)15-10-14(22)7-8-18(15)25-20/h1-10,17,20H,11H2. The summed E-state index contributed by atoms with van der Waals surface area (Å²) in [5.41, 5.74) is 3.28. The molecule has 2 aliphatic heterocycles. The lowest BCUT2D eigenvalue weighted by molar-refractivity contribution is -0.0190. The van der Waals surface area contributed by atoms with Crippen LogP contribution in [0.25, 0.3) is 0 Å². The highest BCUT2D eigenvalue weighted by atomic mass is 79.9. The van der Waals surface area contributed by atoms with Crippen molar-refractivity contribution in [2.24, 2.45) is 5.10 Å². The second kappa shape index (κ2) is 6.41. The molecule has 26 heavy (non-hydrogen) atoms. The number of halogens is 2. The van der Waals surface area contributed by atoms with E-state index in [1.54, 1.807) is 11.3 Å². The molecule has 0 radical (unpaired) electrons. The Bertz CT molecular complexity index is 988. The SMILES string of the molecule is Clc1ccc2c(c1)C1CC(c3cccs3)=NN1C(c1ccc(Br)cc1)O2. The Morgan fingerprint density at radius 3 is 2.77 bits per heavy atom. The first-order chi connectivity index (χ1) is 12.7. The van der Waals surface area contributed by atoms with Crippen LogP contribution in [0.4, 0.5) is 0 Å². The summed E-state index contributed by atoms with van der Waals surface area (Å²) in [4.78, 5) is 1.21. The smallest absolute Gasteiger partial charge is 0.213 e. The molecule has 2 unspecified atom stereocenters. The average Bonchev–Trinajstić information content (AvgIpc) is 3.32. The highest BCUT2D eigenvalue weighted by molar-refractivity contribution is 9.10. The number of benzene rings is 2. The summed E-state index contributed by atoms with van der Waals surface area (Å²) in [7, 11) is 0. The van der Waals surface area contributed by atoms with Crippen molar-refractivity contribution < 1.29 is 4.74 Å². The van der Waals surface area contributed by atoms with E-state index in [-0.39, 0.29) is 12.3 Å². The molecule has 130 valence electrons. The molecule has 6 heteroatoms. The highest BCUT2D eigenvalue weighted by Gasteiger charge is 2.41. The Hall–Kier alpha value is -1.82. The number of hydrazone groups is 1. The molecule has 3 aromatic rings. The summed E-state index contributed by atoms with van der Waals surface area (Å²) in [5.74, 6) is 0.881. The van der Waals surface area contributed by atoms with Gasteiger partial charge in [0, 0.05) is 27.0 Å². The first-order valence-corrected chi connectivity index (χ1v) is 10.4. The van der Waals surface area contributed by atoms with Crippen LogP contribution in [0.2, 0.25) is 5.02 Å². The van der Waals surface area contributed by atoms with Crippen molar-refractivity contribution in [1.82, 2.24) is 5.01 Å².